The molecular weight excluding hydrogens is 98.1 g/mol. The van der Waals surface area contributed by atoms with Gasteiger partial charge in [-0.15, -0.1) is 0 Å². The van der Waals surface area contributed by atoms with Crippen molar-refractivity contribution in [1.29, 1.82) is 0 Å². The average molecular weight is 111 g/mol. The Balaban J connectivity index is 2.45. The number of hydrogen-bond donors (Lipinski definition) is 1. The summed E-state index contributed by atoms with van der Waals surface area (Å²) in [5, 5.41) is 0. The second-order valence-electron chi connectivity index (χ2n) is 2.67. The first-order valence-electron chi connectivity index (χ1n) is 3.23. The molecule has 1 aliphatic rings. The van der Waals surface area contributed by atoms with E-state index in [9.17, 15) is 0 Å². The fourth-order valence-electron chi connectivity index (χ4n) is 1.14. The second kappa shape index (κ2) is 2.21. The third-order valence-electron chi connectivity index (χ3n) is 1.65. The molecule has 0 spiro atoms. The van der Waals surface area contributed by atoms with Crippen LogP contribution < -0.4 is 5.73 Å². The molecule has 0 fully saturated rings. The number of rotatable bonds is 0. The minimum absolute atomic E-state index is 0.819. The van der Waals surface area contributed by atoms with Crippen LogP contribution in [0.2, 0.25) is 0 Å². The SMILES string of the molecule is C[C@H]1CCC=C(N)C1. The molecule has 1 aliphatic carbocycles. The molecule has 0 bridgehead atoms. The van der Waals surface area contributed by atoms with Crippen molar-refractivity contribution in [1.82, 2.24) is 0 Å². The Morgan fingerprint density at radius 3 is 2.88 bits per heavy atom. The van der Waals surface area contributed by atoms with Gasteiger partial charge in [0.05, 0.1) is 0 Å². The third-order valence-corrected chi connectivity index (χ3v) is 1.65. The van der Waals surface area contributed by atoms with Gasteiger partial charge < -0.3 is 5.73 Å². The Labute approximate surface area is 50.6 Å². The zero-order valence-electron chi connectivity index (χ0n) is 5.35. The smallest absolute Gasteiger partial charge is 0.00426 e. The summed E-state index contributed by atoms with van der Waals surface area (Å²) in [5.74, 6) is 0.819. The molecule has 0 aromatic carbocycles. The topological polar surface area (TPSA) is 26.0 Å². The van der Waals surface area contributed by atoms with E-state index in [4.69, 9.17) is 5.73 Å². The van der Waals surface area contributed by atoms with Crippen LogP contribution in [0.4, 0.5) is 0 Å². The predicted molar refractivity (Wildman–Crippen MR) is 35.3 cm³/mol. The van der Waals surface area contributed by atoms with Gasteiger partial charge in [0.1, 0.15) is 0 Å². The van der Waals surface area contributed by atoms with Gasteiger partial charge in [-0.2, -0.15) is 0 Å². The van der Waals surface area contributed by atoms with Crippen LogP contribution in [-0.2, 0) is 0 Å². The normalized spacial score (nSPS) is 29.6. The van der Waals surface area contributed by atoms with Gasteiger partial charge in [-0.05, 0) is 25.2 Å². The predicted octanol–water partition coefficient (Wildman–Crippen LogP) is 1.65. The van der Waals surface area contributed by atoms with Crippen molar-refractivity contribution >= 4 is 0 Å². The molecule has 1 nitrogen and oxygen atoms in total. The lowest BCUT2D eigenvalue weighted by Gasteiger charge is -2.14. The molecule has 1 rings (SSSR count). The van der Waals surface area contributed by atoms with E-state index < -0.39 is 0 Å². The molecule has 1 atom stereocenters. The molecule has 8 heavy (non-hydrogen) atoms. The fraction of sp³-hybridized carbons (Fsp3) is 0.714. The van der Waals surface area contributed by atoms with Crippen molar-refractivity contribution in [3.05, 3.63) is 11.8 Å². The zero-order chi connectivity index (χ0) is 5.98. The van der Waals surface area contributed by atoms with Gasteiger partial charge in [-0.1, -0.05) is 13.0 Å². The summed E-state index contributed by atoms with van der Waals surface area (Å²) in [6.07, 6.45) is 5.76. The van der Waals surface area contributed by atoms with Crippen molar-refractivity contribution < 1.29 is 0 Å². The minimum Gasteiger partial charge on any atom is -0.402 e. The van der Waals surface area contributed by atoms with Crippen LogP contribution in [-0.4, -0.2) is 0 Å². The highest BCUT2D eigenvalue weighted by Gasteiger charge is 2.06. The van der Waals surface area contributed by atoms with Crippen LogP contribution in [0.1, 0.15) is 26.2 Å². The molecule has 0 aromatic rings. The summed E-state index contributed by atoms with van der Waals surface area (Å²) in [6.45, 7) is 2.25. The zero-order valence-corrected chi connectivity index (χ0v) is 5.35. The van der Waals surface area contributed by atoms with Gasteiger partial charge in [-0.25, -0.2) is 0 Å². The van der Waals surface area contributed by atoms with E-state index in [0.29, 0.717) is 0 Å². The van der Waals surface area contributed by atoms with E-state index in [1.807, 2.05) is 0 Å². The molecule has 0 aromatic heterocycles. The van der Waals surface area contributed by atoms with Crippen LogP contribution in [0, 0.1) is 5.92 Å². The van der Waals surface area contributed by atoms with Crippen molar-refractivity contribution in [2.75, 3.05) is 0 Å². The monoisotopic (exact) mass is 111 g/mol. The number of nitrogens with two attached hydrogens (primary N) is 1. The molecular formula is C7H13N. The van der Waals surface area contributed by atoms with E-state index in [1.54, 1.807) is 0 Å². The van der Waals surface area contributed by atoms with Gasteiger partial charge in [0.2, 0.25) is 0 Å². The number of allylic oxidation sites excluding steroid dienone is 2. The Bertz CT molecular complexity index is 105. The van der Waals surface area contributed by atoms with Crippen molar-refractivity contribution in [3.8, 4) is 0 Å². The Hall–Kier alpha value is -0.460. The quantitative estimate of drug-likeness (QED) is 0.505. The van der Waals surface area contributed by atoms with Crippen molar-refractivity contribution in [2.24, 2.45) is 11.7 Å². The van der Waals surface area contributed by atoms with E-state index in [1.165, 1.54) is 12.8 Å². The second-order valence-corrected chi connectivity index (χ2v) is 2.67. The maximum absolute atomic E-state index is 5.59. The average Bonchev–Trinajstić information content (AvgIpc) is 1.64. The number of hydrogen-bond acceptors (Lipinski definition) is 1. The molecule has 0 heterocycles. The molecule has 0 radical (unpaired) electrons. The molecule has 0 unspecified atom stereocenters. The van der Waals surface area contributed by atoms with Gasteiger partial charge in [0, 0.05) is 5.70 Å². The Morgan fingerprint density at radius 2 is 2.50 bits per heavy atom. The highest BCUT2D eigenvalue weighted by Crippen LogP contribution is 2.19. The maximum atomic E-state index is 5.59. The van der Waals surface area contributed by atoms with Crippen LogP contribution in [0.3, 0.4) is 0 Å². The van der Waals surface area contributed by atoms with Gasteiger partial charge in [-0.3, -0.25) is 0 Å². The van der Waals surface area contributed by atoms with Crippen LogP contribution in [0.5, 0.6) is 0 Å². The lowest BCUT2D eigenvalue weighted by Crippen LogP contribution is -2.08. The first-order valence-corrected chi connectivity index (χ1v) is 3.23. The maximum Gasteiger partial charge on any atom is 0.00426 e. The summed E-state index contributed by atoms with van der Waals surface area (Å²) in [6, 6.07) is 0. The molecule has 0 saturated heterocycles. The first-order chi connectivity index (χ1) is 3.79. The summed E-state index contributed by atoms with van der Waals surface area (Å²) >= 11 is 0. The Kier molecular flexibility index (Phi) is 1.56. The van der Waals surface area contributed by atoms with E-state index in [-0.39, 0.29) is 0 Å². The first kappa shape index (κ1) is 5.67. The standard InChI is InChI=1S/C7H13N/c1-6-3-2-4-7(8)5-6/h4,6H,2-3,5,8H2,1H3/t6-/m0/s1. The van der Waals surface area contributed by atoms with Gasteiger partial charge >= 0.3 is 0 Å². The molecule has 0 aliphatic heterocycles. The molecule has 0 amide bonds. The van der Waals surface area contributed by atoms with Crippen molar-refractivity contribution in [3.63, 3.8) is 0 Å². The molecule has 2 N–H and O–H groups in total. The minimum atomic E-state index is 0.819. The third kappa shape index (κ3) is 1.25. The summed E-state index contributed by atoms with van der Waals surface area (Å²) in [7, 11) is 0. The van der Waals surface area contributed by atoms with Crippen LogP contribution in [0.25, 0.3) is 0 Å². The molecule has 46 valence electrons. The highest BCUT2D eigenvalue weighted by atomic mass is 14.6. The van der Waals surface area contributed by atoms with E-state index in [2.05, 4.69) is 13.0 Å². The largest absolute Gasteiger partial charge is 0.402 e. The van der Waals surface area contributed by atoms with Crippen molar-refractivity contribution in [2.45, 2.75) is 26.2 Å². The highest BCUT2D eigenvalue weighted by molar-refractivity contribution is 5.00. The lowest BCUT2D eigenvalue weighted by molar-refractivity contribution is 0.507. The molecule has 1 heteroatoms. The van der Waals surface area contributed by atoms with Gasteiger partial charge in [0.15, 0.2) is 0 Å². The summed E-state index contributed by atoms with van der Waals surface area (Å²) in [5.41, 5.74) is 6.67. The van der Waals surface area contributed by atoms with Gasteiger partial charge in [0.25, 0.3) is 0 Å². The van der Waals surface area contributed by atoms with Crippen LogP contribution >= 0.6 is 0 Å². The fourth-order valence-corrected chi connectivity index (χ4v) is 1.14. The van der Waals surface area contributed by atoms with Crippen LogP contribution in [0.15, 0.2) is 11.8 Å². The lowest BCUT2D eigenvalue weighted by atomic mass is 9.94. The molecule has 0 saturated carbocycles. The van der Waals surface area contributed by atoms with E-state index in [0.717, 1.165) is 18.0 Å². The van der Waals surface area contributed by atoms with E-state index >= 15 is 0 Å². The summed E-state index contributed by atoms with van der Waals surface area (Å²) < 4.78 is 0. The Morgan fingerprint density at radius 1 is 1.75 bits per heavy atom. The summed E-state index contributed by atoms with van der Waals surface area (Å²) in [4.78, 5) is 0.